The van der Waals surface area contributed by atoms with Crippen LogP contribution in [0.1, 0.15) is 71.1 Å². The molecule has 0 bridgehead atoms. The Balaban J connectivity index is 1.62. The van der Waals surface area contributed by atoms with Gasteiger partial charge in [0.2, 0.25) is 0 Å². The lowest BCUT2D eigenvalue weighted by Crippen LogP contribution is -2.29. The van der Waals surface area contributed by atoms with Crippen LogP contribution in [0.25, 0.3) is 0 Å². The monoisotopic (exact) mass is 235 g/mol. The highest BCUT2D eigenvalue weighted by Gasteiger charge is 2.15. The molecular formula is C16H29N. The van der Waals surface area contributed by atoms with Crippen LogP contribution in [0.4, 0.5) is 0 Å². The summed E-state index contributed by atoms with van der Waals surface area (Å²) in [5.74, 6) is 0.961. The molecule has 0 aliphatic heterocycles. The van der Waals surface area contributed by atoms with Crippen molar-refractivity contribution < 1.29 is 0 Å². The van der Waals surface area contributed by atoms with E-state index in [1.807, 2.05) is 0 Å². The lowest BCUT2D eigenvalue weighted by Gasteiger charge is -2.18. The Labute approximate surface area is 107 Å². The molecule has 0 radical (unpaired) electrons. The van der Waals surface area contributed by atoms with Gasteiger partial charge in [0, 0.05) is 6.04 Å². The van der Waals surface area contributed by atoms with Crippen molar-refractivity contribution >= 4 is 0 Å². The maximum atomic E-state index is 3.79. The van der Waals surface area contributed by atoms with Gasteiger partial charge in [0.25, 0.3) is 0 Å². The predicted molar refractivity (Wildman–Crippen MR) is 75.2 cm³/mol. The van der Waals surface area contributed by atoms with E-state index in [4.69, 9.17) is 0 Å². The van der Waals surface area contributed by atoms with Gasteiger partial charge in [-0.05, 0) is 63.8 Å². The van der Waals surface area contributed by atoms with Gasteiger partial charge in [-0.25, -0.2) is 0 Å². The number of allylic oxidation sites excluding steroid dienone is 1. The van der Waals surface area contributed by atoms with Crippen LogP contribution in [0.15, 0.2) is 11.6 Å². The van der Waals surface area contributed by atoms with Crippen molar-refractivity contribution in [2.45, 2.75) is 77.2 Å². The summed E-state index contributed by atoms with van der Waals surface area (Å²) in [7, 11) is 0. The number of rotatable bonds is 4. The van der Waals surface area contributed by atoms with Crippen molar-refractivity contribution in [2.24, 2.45) is 5.92 Å². The van der Waals surface area contributed by atoms with E-state index >= 15 is 0 Å². The van der Waals surface area contributed by atoms with E-state index in [0.29, 0.717) is 0 Å². The Morgan fingerprint density at radius 2 is 2.06 bits per heavy atom. The number of hydrogen-bond donors (Lipinski definition) is 1. The molecular weight excluding hydrogens is 206 g/mol. The maximum absolute atomic E-state index is 3.79. The summed E-state index contributed by atoms with van der Waals surface area (Å²) in [5, 5.41) is 3.79. The van der Waals surface area contributed by atoms with Gasteiger partial charge in [0.1, 0.15) is 0 Å². The van der Waals surface area contributed by atoms with Gasteiger partial charge in [0.15, 0.2) is 0 Å². The van der Waals surface area contributed by atoms with Crippen LogP contribution in [0.5, 0.6) is 0 Å². The summed E-state index contributed by atoms with van der Waals surface area (Å²) >= 11 is 0. The molecule has 2 unspecified atom stereocenters. The average molecular weight is 235 g/mol. The fraction of sp³-hybridized carbons (Fsp3) is 0.875. The Hall–Kier alpha value is -0.300. The van der Waals surface area contributed by atoms with Gasteiger partial charge >= 0.3 is 0 Å². The Kier molecular flexibility index (Phi) is 5.57. The molecule has 1 saturated carbocycles. The summed E-state index contributed by atoms with van der Waals surface area (Å²) in [6.45, 7) is 3.63. The predicted octanol–water partition coefficient (Wildman–Crippen LogP) is 4.44. The third-order valence-electron chi connectivity index (χ3n) is 4.52. The average Bonchev–Trinajstić information content (AvgIpc) is 2.56. The molecule has 0 spiro atoms. The van der Waals surface area contributed by atoms with Gasteiger partial charge in [0.05, 0.1) is 0 Å². The van der Waals surface area contributed by atoms with E-state index in [2.05, 4.69) is 18.3 Å². The minimum Gasteiger partial charge on any atom is -0.314 e. The fourth-order valence-electron chi connectivity index (χ4n) is 3.26. The summed E-state index contributed by atoms with van der Waals surface area (Å²) in [4.78, 5) is 0. The highest BCUT2D eigenvalue weighted by atomic mass is 14.9. The van der Waals surface area contributed by atoms with Gasteiger partial charge in [-0.3, -0.25) is 0 Å². The quantitative estimate of drug-likeness (QED) is 0.561. The molecule has 0 saturated heterocycles. The smallest absolute Gasteiger partial charge is 0.00672 e. The van der Waals surface area contributed by atoms with Crippen LogP contribution in [0, 0.1) is 5.92 Å². The van der Waals surface area contributed by atoms with Crippen LogP contribution in [0.3, 0.4) is 0 Å². The second-order valence-electron chi connectivity index (χ2n) is 6.12. The van der Waals surface area contributed by atoms with Crippen molar-refractivity contribution in [2.75, 3.05) is 6.54 Å². The van der Waals surface area contributed by atoms with E-state index in [9.17, 15) is 0 Å². The molecule has 1 heteroatoms. The minimum absolute atomic E-state index is 0.809. The van der Waals surface area contributed by atoms with E-state index in [0.717, 1.165) is 12.0 Å². The summed E-state index contributed by atoms with van der Waals surface area (Å²) < 4.78 is 0. The summed E-state index contributed by atoms with van der Waals surface area (Å²) in [6, 6.07) is 0.809. The standard InChI is InChI=1S/C16H29N/c1-14-6-5-9-16(11-10-14)17-13-12-15-7-3-2-4-8-15/h7,14,16-17H,2-6,8-13H2,1H3. The van der Waals surface area contributed by atoms with E-state index in [1.54, 1.807) is 5.57 Å². The Bertz CT molecular complexity index is 244. The zero-order chi connectivity index (χ0) is 11.9. The van der Waals surface area contributed by atoms with Crippen molar-refractivity contribution in [3.05, 3.63) is 11.6 Å². The molecule has 2 rings (SSSR count). The molecule has 0 aromatic heterocycles. The zero-order valence-corrected chi connectivity index (χ0v) is 11.5. The Morgan fingerprint density at radius 1 is 1.12 bits per heavy atom. The molecule has 2 aliphatic rings. The highest BCUT2D eigenvalue weighted by Crippen LogP contribution is 2.23. The molecule has 98 valence electrons. The fourth-order valence-corrected chi connectivity index (χ4v) is 3.26. The first kappa shape index (κ1) is 13.1. The SMILES string of the molecule is CC1CCCC(NCCC2=CCCCC2)CC1. The number of hydrogen-bond acceptors (Lipinski definition) is 1. The molecule has 2 aliphatic carbocycles. The normalized spacial score (nSPS) is 30.8. The zero-order valence-electron chi connectivity index (χ0n) is 11.5. The van der Waals surface area contributed by atoms with Crippen molar-refractivity contribution in [1.82, 2.24) is 5.32 Å². The molecule has 2 atom stereocenters. The van der Waals surface area contributed by atoms with Gasteiger partial charge < -0.3 is 5.32 Å². The lowest BCUT2D eigenvalue weighted by atomic mass is 9.97. The number of nitrogens with one attached hydrogen (secondary N) is 1. The topological polar surface area (TPSA) is 12.0 Å². The van der Waals surface area contributed by atoms with E-state index < -0.39 is 0 Å². The van der Waals surface area contributed by atoms with Gasteiger partial charge in [-0.15, -0.1) is 0 Å². The molecule has 0 heterocycles. The summed E-state index contributed by atoms with van der Waals surface area (Å²) in [6.07, 6.45) is 16.4. The lowest BCUT2D eigenvalue weighted by molar-refractivity contribution is 0.448. The third kappa shape index (κ3) is 4.83. The second-order valence-corrected chi connectivity index (χ2v) is 6.12. The largest absolute Gasteiger partial charge is 0.314 e. The molecule has 1 fully saturated rings. The van der Waals surface area contributed by atoms with Crippen LogP contribution < -0.4 is 5.32 Å². The van der Waals surface area contributed by atoms with E-state index in [-0.39, 0.29) is 0 Å². The first-order valence-electron chi connectivity index (χ1n) is 7.76. The maximum Gasteiger partial charge on any atom is 0.00672 e. The molecule has 0 amide bonds. The third-order valence-corrected chi connectivity index (χ3v) is 4.52. The van der Waals surface area contributed by atoms with Crippen LogP contribution in [0.2, 0.25) is 0 Å². The minimum atomic E-state index is 0.809. The van der Waals surface area contributed by atoms with Crippen molar-refractivity contribution in [1.29, 1.82) is 0 Å². The van der Waals surface area contributed by atoms with Gasteiger partial charge in [-0.1, -0.05) is 31.4 Å². The molecule has 0 aromatic rings. The molecule has 0 aromatic carbocycles. The first-order valence-corrected chi connectivity index (χ1v) is 7.76. The first-order chi connectivity index (χ1) is 8.34. The Morgan fingerprint density at radius 3 is 2.88 bits per heavy atom. The van der Waals surface area contributed by atoms with Crippen molar-refractivity contribution in [3.63, 3.8) is 0 Å². The van der Waals surface area contributed by atoms with Crippen molar-refractivity contribution in [3.8, 4) is 0 Å². The molecule has 1 N–H and O–H groups in total. The van der Waals surface area contributed by atoms with Crippen LogP contribution >= 0.6 is 0 Å². The summed E-state index contributed by atoms with van der Waals surface area (Å²) in [5.41, 5.74) is 1.71. The molecule has 1 nitrogen and oxygen atoms in total. The van der Waals surface area contributed by atoms with E-state index in [1.165, 1.54) is 70.8 Å². The second kappa shape index (κ2) is 7.20. The molecule has 17 heavy (non-hydrogen) atoms. The van der Waals surface area contributed by atoms with Gasteiger partial charge in [-0.2, -0.15) is 0 Å². The van der Waals surface area contributed by atoms with Crippen LogP contribution in [-0.4, -0.2) is 12.6 Å². The van der Waals surface area contributed by atoms with Crippen LogP contribution in [-0.2, 0) is 0 Å². The highest BCUT2D eigenvalue weighted by molar-refractivity contribution is 5.05.